The van der Waals surface area contributed by atoms with Gasteiger partial charge in [-0.15, -0.1) is 0 Å². The van der Waals surface area contributed by atoms with E-state index < -0.39 is 10.0 Å². The van der Waals surface area contributed by atoms with Gasteiger partial charge in [-0.3, -0.25) is 0 Å². The van der Waals surface area contributed by atoms with E-state index in [0.717, 1.165) is 5.69 Å². The fraction of sp³-hybridized carbons (Fsp3) is 0.333. The van der Waals surface area contributed by atoms with Crippen LogP contribution in [0.2, 0.25) is 0 Å². The number of hydrogen-bond acceptors (Lipinski definition) is 5. The molecule has 7 nitrogen and oxygen atoms in total. The Morgan fingerprint density at radius 1 is 1.35 bits per heavy atom. The highest BCUT2D eigenvalue weighted by Crippen LogP contribution is 2.13. The van der Waals surface area contributed by atoms with Gasteiger partial charge in [-0.1, -0.05) is 0 Å². The van der Waals surface area contributed by atoms with Crippen molar-refractivity contribution in [3.8, 4) is 0 Å². The summed E-state index contributed by atoms with van der Waals surface area (Å²) in [6.07, 6.45) is 4.55. The highest BCUT2D eigenvalue weighted by molar-refractivity contribution is 7.89. The maximum absolute atomic E-state index is 12.2. The van der Waals surface area contributed by atoms with Crippen LogP contribution >= 0.6 is 0 Å². The molecule has 0 bridgehead atoms. The Morgan fingerprint density at radius 2 is 2.15 bits per heavy atom. The van der Waals surface area contributed by atoms with Crippen LogP contribution in [0.3, 0.4) is 0 Å². The van der Waals surface area contributed by atoms with Crippen LogP contribution in [0.1, 0.15) is 11.4 Å². The van der Waals surface area contributed by atoms with Crippen LogP contribution in [0.4, 0.5) is 0 Å². The third-order valence-electron chi connectivity index (χ3n) is 2.84. The minimum Gasteiger partial charge on any atom is -0.352 e. The molecule has 0 atom stereocenters. The van der Waals surface area contributed by atoms with Crippen molar-refractivity contribution in [3.05, 3.63) is 42.2 Å². The average Bonchev–Trinajstić information content (AvgIpc) is 2.81. The van der Waals surface area contributed by atoms with E-state index in [4.69, 9.17) is 0 Å². The summed E-state index contributed by atoms with van der Waals surface area (Å²) in [7, 11) is 0.0921. The molecule has 0 aliphatic heterocycles. The molecule has 0 aliphatic carbocycles. The molecule has 0 amide bonds. The summed E-state index contributed by atoms with van der Waals surface area (Å²) in [5.74, 6) is 0. The normalized spacial score (nSPS) is 11.7. The Kier molecular flexibility index (Phi) is 4.48. The first-order valence-corrected chi connectivity index (χ1v) is 7.55. The lowest BCUT2D eigenvalue weighted by Crippen LogP contribution is -2.23. The molecule has 2 N–H and O–H groups in total. The van der Waals surface area contributed by atoms with Crippen LogP contribution in [-0.2, 0) is 30.2 Å². The van der Waals surface area contributed by atoms with Gasteiger partial charge in [0.2, 0.25) is 10.0 Å². The second kappa shape index (κ2) is 6.12. The van der Waals surface area contributed by atoms with Crippen molar-refractivity contribution < 1.29 is 8.42 Å². The van der Waals surface area contributed by atoms with Crippen molar-refractivity contribution >= 4 is 10.0 Å². The molecule has 2 aromatic heterocycles. The van der Waals surface area contributed by atoms with Gasteiger partial charge in [-0.2, -0.15) is 0 Å². The second-order valence-electron chi connectivity index (χ2n) is 4.33. The van der Waals surface area contributed by atoms with Crippen molar-refractivity contribution in [2.24, 2.45) is 7.05 Å². The van der Waals surface area contributed by atoms with Crippen molar-refractivity contribution in [1.82, 2.24) is 24.6 Å². The number of hydrogen-bond donors (Lipinski definition) is 2. The molecule has 108 valence electrons. The maximum Gasteiger partial charge on any atom is 0.242 e. The molecule has 0 aromatic carbocycles. The molecule has 0 fully saturated rings. The van der Waals surface area contributed by atoms with Crippen LogP contribution in [-0.4, -0.2) is 30.0 Å². The maximum atomic E-state index is 12.2. The summed E-state index contributed by atoms with van der Waals surface area (Å²) >= 11 is 0. The van der Waals surface area contributed by atoms with Crippen LogP contribution in [0, 0.1) is 0 Å². The molecule has 0 saturated heterocycles. The number of nitrogens with zero attached hydrogens (tertiary/aromatic N) is 3. The van der Waals surface area contributed by atoms with Gasteiger partial charge >= 0.3 is 0 Å². The Labute approximate surface area is 118 Å². The monoisotopic (exact) mass is 295 g/mol. The summed E-state index contributed by atoms with van der Waals surface area (Å²) in [4.78, 5) is 8.01. The van der Waals surface area contributed by atoms with Gasteiger partial charge in [0, 0.05) is 31.7 Å². The fourth-order valence-electron chi connectivity index (χ4n) is 1.76. The van der Waals surface area contributed by atoms with E-state index >= 15 is 0 Å². The Hall–Kier alpha value is -1.77. The molecule has 2 rings (SSSR count). The molecule has 8 heteroatoms. The molecule has 0 spiro atoms. The standard InChI is InChI=1S/C12H17N5O2S/c1-13-7-11-5-12(8-17(11)2)20(18,19)16-6-10-3-4-14-9-15-10/h3-5,8-9,13,16H,6-7H2,1-2H3. The lowest BCUT2D eigenvalue weighted by atomic mass is 10.4. The molecule has 0 unspecified atom stereocenters. The molecule has 2 aromatic rings. The van der Waals surface area contributed by atoms with Crippen LogP contribution in [0.15, 0.2) is 35.7 Å². The first-order chi connectivity index (χ1) is 9.53. The zero-order valence-electron chi connectivity index (χ0n) is 11.4. The predicted molar refractivity (Wildman–Crippen MR) is 74.2 cm³/mol. The summed E-state index contributed by atoms with van der Waals surface area (Å²) in [5.41, 5.74) is 1.52. The first-order valence-electron chi connectivity index (χ1n) is 6.07. The fourth-order valence-corrected chi connectivity index (χ4v) is 2.85. The van der Waals surface area contributed by atoms with Gasteiger partial charge in [-0.25, -0.2) is 23.1 Å². The average molecular weight is 295 g/mol. The SMILES string of the molecule is CNCc1cc(S(=O)(=O)NCc2ccncn2)cn1C. The quantitative estimate of drug-likeness (QED) is 0.784. The molecular formula is C12H17N5O2S. The zero-order valence-corrected chi connectivity index (χ0v) is 12.2. The topological polar surface area (TPSA) is 88.9 Å². The molecule has 0 aliphatic rings. The molecule has 0 saturated carbocycles. The van der Waals surface area contributed by atoms with E-state index in [9.17, 15) is 8.42 Å². The zero-order chi connectivity index (χ0) is 14.6. The van der Waals surface area contributed by atoms with Crippen molar-refractivity contribution in [2.75, 3.05) is 7.05 Å². The van der Waals surface area contributed by atoms with E-state index in [2.05, 4.69) is 20.0 Å². The van der Waals surface area contributed by atoms with Crippen molar-refractivity contribution in [2.45, 2.75) is 18.0 Å². The number of aryl methyl sites for hydroxylation is 1. The summed E-state index contributed by atoms with van der Waals surface area (Å²) in [6, 6.07) is 3.32. The minimum atomic E-state index is -3.54. The van der Waals surface area contributed by atoms with E-state index in [1.807, 2.05) is 14.1 Å². The van der Waals surface area contributed by atoms with Gasteiger partial charge in [-0.05, 0) is 19.2 Å². The molecular weight excluding hydrogens is 278 g/mol. The molecule has 0 radical (unpaired) electrons. The van der Waals surface area contributed by atoms with Gasteiger partial charge in [0.1, 0.15) is 6.33 Å². The van der Waals surface area contributed by atoms with Gasteiger partial charge < -0.3 is 9.88 Å². The highest BCUT2D eigenvalue weighted by atomic mass is 32.2. The first kappa shape index (κ1) is 14.6. The third-order valence-corrected chi connectivity index (χ3v) is 4.21. The van der Waals surface area contributed by atoms with Gasteiger partial charge in [0.05, 0.1) is 17.1 Å². The van der Waals surface area contributed by atoms with Crippen LogP contribution in [0.5, 0.6) is 0 Å². The second-order valence-corrected chi connectivity index (χ2v) is 6.10. The van der Waals surface area contributed by atoms with Gasteiger partial charge in [0.15, 0.2) is 0 Å². The predicted octanol–water partition coefficient (Wildman–Crippen LogP) is 0.0130. The molecule has 2 heterocycles. The van der Waals surface area contributed by atoms with E-state index in [1.54, 1.807) is 29.1 Å². The Bertz CT molecular complexity index is 666. The number of aromatic nitrogens is 3. The van der Waals surface area contributed by atoms with E-state index in [-0.39, 0.29) is 11.4 Å². The Morgan fingerprint density at radius 3 is 2.80 bits per heavy atom. The smallest absolute Gasteiger partial charge is 0.242 e. The highest BCUT2D eigenvalue weighted by Gasteiger charge is 2.17. The van der Waals surface area contributed by atoms with Crippen LogP contribution in [0.25, 0.3) is 0 Å². The lowest BCUT2D eigenvalue weighted by Gasteiger charge is -2.03. The lowest BCUT2D eigenvalue weighted by molar-refractivity contribution is 0.580. The van der Waals surface area contributed by atoms with Crippen molar-refractivity contribution in [3.63, 3.8) is 0 Å². The third kappa shape index (κ3) is 3.41. The molecule has 20 heavy (non-hydrogen) atoms. The minimum absolute atomic E-state index is 0.140. The van der Waals surface area contributed by atoms with E-state index in [1.165, 1.54) is 6.33 Å². The summed E-state index contributed by atoms with van der Waals surface area (Å²) < 4.78 is 28.7. The largest absolute Gasteiger partial charge is 0.352 e. The summed E-state index contributed by atoms with van der Waals surface area (Å²) in [5, 5.41) is 2.99. The number of nitrogens with one attached hydrogen (secondary N) is 2. The van der Waals surface area contributed by atoms with E-state index in [0.29, 0.717) is 12.2 Å². The van der Waals surface area contributed by atoms with Crippen LogP contribution < -0.4 is 10.0 Å². The number of rotatable bonds is 6. The summed E-state index contributed by atoms with van der Waals surface area (Å²) in [6.45, 7) is 0.749. The van der Waals surface area contributed by atoms with Gasteiger partial charge in [0.25, 0.3) is 0 Å². The van der Waals surface area contributed by atoms with Crippen molar-refractivity contribution in [1.29, 1.82) is 0 Å². The Balaban J connectivity index is 2.12. The number of sulfonamides is 1.